The van der Waals surface area contributed by atoms with Gasteiger partial charge in [-0.15, -0.1) is 0 Å². The van der Waals surface area contributed by atoms with Gasteiger partial charge in [-0.05, 0) is 54.8 Å². The van der Waals surface area contributed by atoms with Crippen molar-refractivity contribution in [2.45, 2.75) is 78.1 Å². The van der Waals surface area contributed by atoms with Crippen LogP contribution in [0.2, 0.25) is 10.0 Å². The first-order valence-corrected chi connectivity index (χ1v) is 13.4. The zero-order chi connectivity index (χ0) is 24.6. The Labute approximate surface area is 215 Å². The van der Waals surface area contributed by atoms with Crippen molar-refractivity contribution in [2.24, 2.45) is 5.10 Å². The van der Waals surface area contributed by atoms with Gasteiger partial charge < -0.3 is 4.90 Å². The third kappa shape index (κ3) is 10.9. The minimum absolute atomic E-state index is 0.209. The normalized spacial score (nSPS) is 11.5. The van der Waals surface area contributed by atoms with E-state index in [4.69, 9.17) is 23.2 Å². The number of benzene rings is 2. The summed E-state index contributed by atoms with van der Waals surface area (Å²) in [4.78, 5) is 15.3. The Hall–Kier alpha value is -2.04. The molecule has 2 aromatic rings. The van der Waals surface area contributed by atoms with Gasteiger partial charge in [0.05, 0.1) is 11.4 Å². The summed E-state index contributed by atoms with van der Waals surface area (Å²) in [6, 6.07) is 15.0. The van der Waals surface area contributed by atoms with Crippen LogP contribution in [0.3, 0.4) is 0 Å². The second kappa shape index (κ2) is 16.6. The highest BCUT2D eigenvalue weighted by atomic mass is 35.5. The molecule has 0 saturated heterocycles. The van der Waals surface area contributed by atoms with E-state index in [1.807, 2.05) is 48.5 Å². The molecule has 1 amide bonds. The van der Waals surface area contributed by atoms with Crippen LogP contribution in [0.25, 0.3) is 0 Å². The average molecular weight is 505 g/mol. The standard InChI is InChI=1S/C28H39Cl2N3O/c1-3-5-7-9-21-33(22-10-8-6-4-2)28(34)20-19-27(23-11-13-24(29)14-12-23)32-31-26-17-15-25(30)16-18-26/h11-18,31H,3-10,19-22H2,1-2H3/b32-27-. The number of nitrogens with zero attached hydrogens (tertiary/aromatic N) is 2. The van der Waals surface area contributed by atoms with Gasteiger partial charge in [0.2, 0.25) is 5.91 Å². The first kappa shape index (κ1) is 28.2. The summed E-state index contributed by atoms with van der Waals surface area (Å²) >= 11 is 12.1. The van der Waals surface area contributed by atoms with Crippen LogP contribution >= 0.6 is 23.2 Å². The second-order valence-corrected chi connectivity index (χ2v) is 9.56. The predicted octanol–water partition coefficient (Wildman–Crippen LogP) is 8.58. The van der Waals surface area contributed by atoms with Crippen molar-refractivity contribution >= 4 is 40.5 Å². The number of hydrogen-bond donors (Lipinski definition) is 1. The highest BCUT2D eigenvalue weighted by Gasteiger charge is 2.15. The minimum atomic E-state index is 0.209. The number of hydrogen-bond acceptors (Lipinski definition) is 3. The third-order valence-corrected chi connectivity index (χ3v) is 6.34. The maximum Gasteiger partial charge on any atom is 0.222 e. The molecule has 1 N–H and O–H groups in total. The Morgan fingerprint density at radius 3 is 1.82 bits per heavy atom. The molecule has 0 bridgehead atoms. The summed E-state index contributed by atoms with van der Waals surface area (Å²) in [7, 11) is 0. The zero-order valence-corrected chi connectivity index (χ0v) is 22.2. The highest BCUT2D eigenvalue weighted by molar-refractivity contribution is 6.31. The molecule has 34 heavy (non-hydrogen) atoms. The Morgan fingerprint density at radius 2 is 1.29 bits per heavy atom. The number of carbonyl (C=O) groups is 1. The molecule has 0 aliphatic carbocycles. The van der Waals surface area contributed by atoms with Crippen LogP contribution in [0.1, 0.15) is 83.6 Å². The molecule has 0 aromatic heterocycles. The van der Waals surface area contributed by atoms with Crippen LogP contribution in [0.5, 0.6) is 0 Å². The van der Waals surface area contributed by atoms with Crippen molar-refractivity contribution in [1.29, 1.82) is 0 Å². The lowest BCUT2D eigenvalue weighted by Crippen LogP contribution is -2.33. The number of anilines is 1. The fraction of sp³-hybridized carbons (Fsp3) is 0.500. The van der Waals surface area contributed by atoms with Crippen LogP contribution in [-0.2, 0) is 4.79 Å². The van der Waals surface area contributed by atoms with Crippen LogP contribution in [0, 0.1) is 0 Å². The summed E-state index contributed by atoms with van der Waals surface area (Å²) in [5, 5.41) is 5.99. The number of nitrogens with one attached hydrogen (secondary N) is 1. The molecular weight excluding hydrogens is 465 g/mol. The summed E-state index contributed by atoms with van der Waals surface area (Å²) in [5.41, 5.74) is 5.73. The lowest BCUT2D eigenvalue weighted by molar-refractivity contribution is -0.131. The SMILES string of the molecule is CCCCCCN(CCCCCC)C(=O)CC/C(=N/Nc1ccc(Cl)cc1)c1ccc(Cl)cc1. The Bertz CT molecular complexity index is 854. The summed E-state index contributed by atoms with van der Waals surface area (Å²) < 4.78 is 0. The fourth-order valence-corrected chi connectivity index (χ4v) is 4.02. The number of hydrazone groups is 1. The van der Waals surface area contributed by atoms with Crippen LogP contribution in [0.4, 0.5) is 5.69 Å². The van der Waals surface area contributed by atoms with Gasteiger partial charge in [0.1, 0.15) is 0 Å². The quantitative estimate of drug-likeness (QED) is 0.141. The number of halogens is 2. The molecule has 0 aliphatic heterocycles. The first-order valence-electron chi connectivity index (χ1n) is 12.6. The van der Waals surface area contributed by atoms with Crippen LogP contribution in [0.15, 0.2) is 53.6 Å². The zero-order valence-electron chi connectivity index (χ0n) is 20.7. The Morgan fingerprint density at radius 1 is 0.765 bits per heavy atom. The largest absolute Gasteiger partial charge is 0.343 e. The number of unbranched alkanes of at least 4 members (excludes halogenated alkanes) is 6. The maximum absolute atomic E-state index is 13.2. The monoisotopic (exact) mass is 503 g/mol. The van der Waals surface area contributed by atoms with E-state index in [1.54, 1.807) is 0 Å². The lowest BCUT2D eigenvalue weighted by Gasteiger charge is -2.23. The smallest absolute Gasteiger partial charge is 0.222 e. The molecule has 0 atom stereocenters. The van der Waals surface area contributed by atoms with Crippen LogP contribution in [-0.4, -0.2) is 29.6 Å². The van der Waals surface area contributed by atoms with E-state index in [1.165, 1.54) is 38.5 Å². The maximum atomic E-state index is 13.2. The van der Waals surface area contributed by atoms with Gasteiger partial charge >= 0.3 is 0 Å². The van der Waals surface area contributed by atoms with Gasteiger partial charge in [0, 0.05) is 36.0 Å². The molecule has 0 fully saturated rings. The fourth-order valence-electron chi connectivity index (χ4n) is 3.77. The molecule has 6 heteroatoms. The van der Waals surface area contributed by atoms with E-state index in [0.29, 0.717) is 22.9 Å². The Balaban J connectivity index is 2.06. The summed E-state index contributed by atoms with van der Waals surface area (Å²) in [6.45, 7) is 6.12. The first-order chi connectivity index (χ1) is 16.5. The van der Waals surface area contributed by atoms with E-state index in [2.05, 4.69) is 29.3 Å². The molecule has 0 saturated carbocycles. The number of rotatable bonds is 16. The minimum Gasteiger partial charge on any atom is -0.343 e. The summed E-state index contributed by atoms with van der Waals surface area (Å²) in [5.74, 6) is 0.209. The summed E-state index contributed by atoms with van der Waals surface area (Å²) in [6.07, 6.45) is 10.3. The van der Waals surface area contributed by atoms with E-state index in [0.717, 1.165) is 42.9 Å². The topological polar surface area (TPSA) is 44.7 Å². The van der Waals surface area contributed by atoms with E-state index in [9.17, 15) is 4.79 Å². The van der Waals surface area contributed by atoms with Gasteiger partial charge in [-0.2, -0.15) is 5.10 Å². The molecule has 0 spiro atoms. The van der Waals surface area contributed by atoms with Crippen LogP contribution < -0.4 is 5.43 Å². The molecule has 186 valence electrons. The lowest BCUT2D eigenvalue weighted by atomic mass is 10.0. The van der Waals surface area contributed by atoms with Gasteiger partial charge in [-0.25, -0.2) is 0 Å². The molecule has 0 heterocycles. The highest BCUT2D eigenvalue weighted by Crippen LogP contribution is 2.17. The van der Waals surface area contributed by atoms with Crippen molar-refractivity contribution in [2.75, 3.05) is 18.5 Å². The van der Waals surface area contributed by atoms with Gasteiger partial charge in [0.25, 0.3) is 0 Å². The third-order valence-electron chi connectivity index (χ3n) is 5.83. The predicted molar refractivity (Wildman–Crippen MR) is 147 cm³/mol. The number of amides is 1. The van der Waals surface area contributed by atoms with Crippen molar-refractivity contribution < 1.29 is 4.79 Å². The molecule has 0 aliphatic rings. The van der Waals surface area contributed by atoms with Crippen molar-refractivity contribution in [3.05, 3.63) is 64.1 Å². The van der Waals surface area contributed by atoms with Gasteiger partial charge in [-0.1, -0.05) is 87.7 Å². The van der Waals surface area contributed by atoms with Crippen molar-refractivity contribution in [3.8, 4) is 0 Å². The second-order valence-electron chi connectivity index (χ2n) is 8.69. The Kier molecular flexibility index (Phi) is 13.7. The van der Waals surface area contributed by atoms with Crippen molar-refractivity contribution in [1.82, 2.24) is 4.90 Å². The molecule has 4 nitrogen and oxygen atoms in total. The number of carbonyl (C=O) groups excluding carboxylic acids is 1. The van der Waals surface area contributed by atoms with Gasteiger partial charge in [-0.3, -0.25) is 10.2 Å². The average Bonchev–Trinajstić information content (AvgIpc) is 2.84. The van der Waals surface area contributed by atoms with E-state index < -0.39 is 0 Å². The van der Waals surface area contributed by atoms with E-state index >= 15 is 0 Å². The van der Waals surface area contributed by atoms with Crippen molar-refractivity contribution in [3.63, 3.8) is 0 Å². The van der Waals surface area contributed by atoms with E-state index in [-0.39, 0.29) is 5.91 Å². The molecule has 2 rings (SSSR count). The molecule has 0 radical (unpaired) electrons. The molecule has 0 unspecified atom stereocenters. The van der Waals surface area contributed by atoms with Gasteiger partial charge in [0.15, 0.2) is 0 Å². The molecule has 2 aromatic carbocycles. The molecular formula is C28H39Cl2N3O.